The fourth-order valence-electron chi connectivity index (χ4n) is 1.80. The Morgan fingerprint density at radius 1 is 1.10 bits per heavy atom. The standard InChI is InChI=1S/C16H16O4/c1-2-19-14-10-6-9-13(17)15(14)16(18)20-11-12-7-4-3-5-8-12/h3-10,17H,2,11H2,1H3. The van der Waals surface area contributed by atoms with Gasteiger partial charge in [0.15, 0.2) is 0 Å². The Morgan fingerprint density at radius 2 is 1.85 bits per heavy atom. The molecule has 0 saturated heterocycles. The smallest absolute Gasteiger partial charge is 0.346 e. The maximum atomic E-state index is 12.1. The van der Waals surface area contributed by atoms with E-state index in [1.807, 2.05) is 37.3 Å². The molecule has 4 nitrogen and oxygen atoms in total. The molecule has 0 aromatic heterocycles. The molecular formula is C16H16O4. The van der Waals surface area contributed by atoms with Gasteiger partial charge in [0, 0.05) is 0 Å². The SMILES string of the molecule is CCOc1cccc(O)c1C(=O)OCc1ccccc1. The molecule has 0 saturated carbocycles. The van der Waals surface area contributed by atoms with E-state index < -0.39 is 5.97 Å². The fourth-order valence-corrected chi connectivity index (χ4v) is 1.80. The summed E-state index contributed by atoms with van der Waals surface area (Å²) in [6, 6.07) is 14.0. The van der Waals surface area contributed by atoms with Crippen LogP contribution in [0.1, 0.15) is 22.8 Å². The zero-order valence-electron chi connectivity index (χ0n) is 11.2. The number of phenols is 1. The molecule has 0 bridgehead atoms. The van der Waals surface area contributed by atoms with Gasteiger partial charge in [0.2, 0.25) is 0 Å². The monoisotopic (exact) mass is 272 g/mol. The normalized spacial score (nSPS) is 10.1. The van der Waals surface area contributed by atoms with E-state index in [1.165, 1.54) is 6.07 Å². The second kappa shape index (κ2) is 6.61. The lowest BCUT2D eigenvalue weighted by molar-refractivity contribution is 0.0465. The third kappa shape index (κ3) is 3.29. The molecule has 0 aliphatic heterocycles. The van der Waals surface area contributed by atoms with Crippen LogP contribution < -0.4 is 4.74 Å². The number of esters is 1. The summed E-state index contributed by atoms with van der Waals surface area (Å²) < 4.78 is 10.5. The minimum atomic E-state index is -0.601. The van der Waals surface area contributed by atoms with E-state index in [9.17, 15) is 9.90 Å². The lowest BCUT2D eigenvalue weighted by atomic mass is 10.1. The Balaban J connectivity index is 2.13. The minimum Gasteiger partial charge on any atom is -0.507 e. The van der Waals surface area contributed by atoms with Crippen LogP contribution in [0.5, 0.6) is 11.5 Å². The molecule has 0 radical (unpaired) electrons. The van der Waals surface area contributed by atoms with Crippen molar-refractivity contribution >= 4 is 5.97 Å². The summed E-state index contributed by atoms with van der Waals surface area (Å²) in [6.07, 6.45) is 0. The van der Waals surface area contributed by atoms with Gasteiger partial charge in [-0.05, 0) is 24.6 Å². The molecule has 2 aromatic carbocycles. The zero-order valence-corrected chi connectivity index (χ0v) is 11.2. The Labute approximate surface area is 117 Å². The third-order valence-electron chi connectivity index (χ3n) is 2.72. The molecule has 0 heterocycles. The lowest BCUT2D eigenvalue weighted by Crippen LogP contribution is -2.08. The minimum absolute atomic E-state index is 0.0604. The van der Waals surface area contributed by atoms with Crippen LogP contribution in [0.15, 0.2) is 48.5 Å². The average molecular weight is 272 g/mol. The van der Waals surface area contributed by atoms with Gasteiger partial charge in [0.05, 0.1) is 6.61 Å². The average Bonchev–Trinajstić information content (AvgIpc) is 2.46. The van der Waals surface area contributed by atoms with Crippen molar-refractivity contribution in [3.63, 3.8) is 0 Å². The van der Waals surface area contributed by atoms with Crippen LogP contribution in [0.25, 0.3) is 0 Å². The molecule has 4 heteroatoms. The molecule has 1 N–H and O–H groups in total. The highest BCUT2D eigenvalue weighted by molar-refractivity contribution is 5.95. The van der Waals surface area contributed by atoms with Crippen LogP contribution in [0.4, 0.5) is 0 Å². The zero-order chi connectivity index (χ0) is 14.4. The molecule has 0 amide bonds. The molecule has 0 atom stereocenters. The van der Waals surface area contributed by atoms with Gasteiger partial charge in [-0.25, -0.2) is 4.79 Å². The molecule has 0 aliphatic rings. The summed E-state index contributed by atoms with van der Waals surface area (Å²) in [5.74, 6) is -0.421. The van der Waals surface area contributed by atoms with Crippen molar-refractivity contribution in [1.29, 1.82) is 0 Å². The molecular weight excluding hydrogens is 256 g/mol. The Morgan fingerprint density at radius 3 is 2.55 bits per heavy atom. The van der Waals surface area contributed by atoms with E-state index in [-0.39, 0.29) is 17.9 Å². The van der Waals surface area contributed by atoms with E-state index in [1.54, 1.807) is 12.1 Å². The van der Waals surface area contributed by atoms with Crippen molar-refractivity contribution < 1.29 is 19.4 Å². The van der Waals surface area contributed by atoms with Crippen LogP contribution in [0.3, 0.4) is 0 Å². The summed E-state index contributed by atoms with van der Waals surface area (Å²) in [5.41, 5.74) is 0.944. The van der Waals surface area contributed by atoms with Crippen molar-refractivity contribution in [3.05, 3.63) is 59.7 Å². The molecule has 0 fully saturated rings. The van der Waals surface area contributed by atoms with Crippen LogP contribution in [-0.4, -0.2) is 17.7 Å². The number of aromatic hydroxyl groups is 1. The highest BCUT2D eigenvalue weighted by Crippen LogP contribution is 2.28. The van der Waals surface area contributed by atoms with Gasteiger partial charge < -0.3 is 14.6 Å². The van der Waals surface area contributed by atoms with Crippen molar-refractivity contribution in [2.24, 2.45) is 0 Å². The molecule has 104 valence electrons. The fraction of sp³-hybridized carbons (Fsp3) is 0.188. The van der Waals surface area contributed by atoms with Crippen LogP contribution >= 0.6 is 0 Å². The molecule has 0 aliphatic carbocycles. The van der Waals surface area contributed by atoms with Crippen molar-refractivity contribution in [1.82, 2.24) is 0 Å². The predicted molar refractivity (Wildman–Crippen MR) is 74.8 cm³/mol. The number of benzene rings is 2. The molecule has 0 unspecified atom stereocenters. The van der Waals surface area contributed by atoms with Crippen molar-refractivity contribution in [3.8, 4) is 11.5 Å². The quantitative estimate of drug-likeness (QED) is 0.849. The van der Waals surface area contributed by atoms with Gasteiger partial charge in [0.1, 0.15) is 23.7 Å². The molecule has 0 spiro atoms. The number of carbonyl (C=O) groups excluding carboxylic acids is 1. The largest absolute Gasteiger partial charge is 0.507 e. The van der Waals surface area contributed by atoms with Gasteiger partial charge in [-0.1, -0.05) is 36.4 Å². The van der Waals surface area contributed by atoms with Gasteiger partial charge in [-0.15, -0.1) is 0 Å². The van der Waals surface area contributed by atoms with Gasteiger partial charge >= 0.3 is 5.97 Å². The summed E-state index contributed by atoms with van der Waals surface area (Å²) >= 11 is 0. The van der Waals surface area contributed by atoms with E-state index >= 15 is 0 Å². The van der Waals surface area contributed by atoms with Gasteiger partial charge in [-0.2, -0.15) is 0 Å². The summed E-state index contributed by atoms with van der Waals surface area (Å²) in [5, 5.41) is 9.80. The first-order valence-electron chi connectivity index (χ1n) is 6.38. The van der Waals surface area contributed by atoms with Crippen molar-refractivity contribution in [2.75, 3.05) is 6.61 Å². The number of rotatable bonds is 5. The predicted octanol–water partition coefficient (Wildman–Crippen LogP) is 3.15. The number of phenolic OH excluding ortho intramolecular Hbond substituents is 1. The first kappa shape index (κ1) is 13.9. The molecule has 20 heavy (non-hydrogen) atoms. The first-order chi connectivity index (χ1) is 9.72. The highest BCUT2D eigenvalue weighted by atomic mass is 16.5. The Hall–Kier alpha value is -2.49. The number of hydrogen-bond donors (Lipinski definition) is 1. The molecule has 2 rings (SSSR count). The third-order valence-corrected chi connectivity index (χ3v) is 2.72. The van der Waals surface area contributed by atoms with Crippen LogP contribution in [0.2, 0.25) is 0 Å². The number of hydrogen-bond acceptors (Lipinski definition) is 4. The number of carbonyl (C=O) groups is 1. The van der Waals surface area contributed by atoms with E-state index in [0.29, 0.717) is 12.4 Å². The Bertz CT molecular complexity index is 578. The molecule has 2 aromatic rings. The summed E-state index contributed by atoms with van der Waals surface area (Å²) in [4.78, 5) is 12.1. The maximum Gasteiger partial charge on any atom is 0.346 e. The Kier molecular flexibility index (Phi) is 4.60. The summed E-state index contributed by atoms with van der Waals surface area (Å²) in [6.45, 7) is 2.37. The maximum absolute atomic E-state index is 12.1. The lowest BCUT2D eigenvalue weighted by Gasteiger charge is -2.11. The second-order valence-electron chi connectivity index (χ2n) is 4.15. The highest BCUT2D eigenvalue weighted by Gasteiger charge is 2.18. The summed E-state index contributed by atoms with van der Waals surface area (Å²) in [7, 11) is 0. The van der Waals surface area contributed by atoms with Crippen molar-refractivity contribution in [2.45, 2.75) is 13.5 Å². The van der Waals surface area contributed by atoms with E-state index in [0.717, 1.165) is 5.56 Å². The van der Waals surface area contributed by atoms with Crippen LogP contribution in [-0.2, 0) is 11.3 Å². The van der Waals surface area contributed by atoms with Gasteiger partial charge in [0.25, 0.3) is 0 Å². The van der Waals surface area contributed by atoms with Gasteiger partial charge in [-0.3, -0.25) is 0 Å². The van der Waals surface area contributed by atoms with Crippen LogP contribution in [0, 0.1) is 0 Å². The number of ether oxygens (including phenoxy) is 2. The van der Waals surface area contributed by atoms with E-state index in [4.69, 9.17) is 9.47 Å². The first-order valence-corrected chi connectivity index (χ1v) is 6.38. The van der Waals surface area contributed by atoms with E-state index in [2.05, 4.69) is 0 Å². The topological polar surface area (TPSA) is 55.8 Å². The second-order valence-corrected chi connectivity index (χ2v) is 4.15.